The van der Waals surface area contributed by atoms with Crippen molar-refractivity contribution in [2.24, 2.45) is 10.7 Å². The fourth-order valence-corrected chi connectivity index (χ4v) is 5.45. The summed E-state index contributed by atoms with van der Waals surface area (Å²) in [4.78, 5) is 32.0. The quantitative estimate of drug-likeness (QED) is 0.166. The van der Waals surface area contributed by atoms with E-state index in [1.807, 2.05) is 74.5 Å². The molecule has 0 aliphatic heterocycles. The molecule has 0 heterocycles. The van der Waals surface area contributed by atoms with E-state index in [1.165, 1.54) is 0 Å². The summed E-state index contributed by atoms with van der Waals surface area (Å²) < 4.78 is 24.0. The number of carbonyl (C=O) groups is 2. The first kappa shape index (κ1) is 36.2. The average molecular weight is 630 g/mol. The van der Waals surface area contributed by atoms with Crippen molar-refractivity contribution in [2.75, 3.05) is 6.61 Å². The number of hydrogen-bond acceptors (Lipinski definition) is 7. The molecule has 2 rings (SSSR count). The number of ether oxygens (including phenoxy) is 2. The molecule has 0 aliphatic rings. The van der Waals surface area contributed by atoms with Crippen molar-refractivity contribution >= 4 is 36.2 Å². The third-order valence-corrected chi connectivity index (χ3v) is 13.6. The number of aliphatic imine (C=N–C) groups is 1. The summed E-state index contributed by atoms with van der Waals surface area (Å²) in [6.07, 6.45) is -1.98. The standard InChI is InChI=1S/C32H51N3O6Si2/c1-30(2,3)42-41-32(7,8)26(23-40-43(9,10)31(4,5)6)34-27(33)35(28(36)38-21-24-17-13-11-14-18-24)29(37)39-22-25-19-15-12-16-20-25/h11-20,26H,21-23,42H2,1-10H3,(H2,33,34). The minimum absolute atomic E-state index is 0.0336. The fourth-order valence-electron chi connectivity index (χ4n) is 3.44. The SMILES string of the molecule is CC(C)(C)[SiH2]OC(C)(C)C(CO[Si](C)(C)C(C)(C)C)N=C(N)N(C(=O)OCc1ccccc1)C(=O)OCc1ccccc1. The Morgan fingerprint density at radius 3 is 1.67 bits per heavy atom. The van der Waals surface area contributed by atoms with E-state index in [9.17, 15) is 9.59 Å². The normalized spacial score (nSPS) is 14.0. The molecule has 9 nitrogen and oxygen atoms in total. The number of carbonyl (C=O) groups excluding carboxylic acids is 2. The molecule has 0 saturated heterocycles. The summed E-state index contributed by atoms with van der Waals surface area (Å²) in [6, 6.07) is 17.7. The lowest BCUT2D eigenvalue weighted by Crippen LogP contribution is -2.51. The maximum absolute atomic E-state index is 13.3. The Bertz CT molecular complexity index is 1150. The molecular weight excluding hydrogens is 579 g/mol. The van der Waals surface area contributed by atoms with Gasteiger partial charge < -0.3 is 24.1 Å². The van der Waals surface area contributed by atoms with Crippen molar-refractivity contribution in [1.29, 1.82) is 0 Å². The van der Waals surface area contributed by atoms with Crippen molar-refractivity contribution < 1.29 is 27.9 Å². The third-order valence-electron chi connectivity index (χ3n) is 7.38. The van der Waals surface area contributed by atoms with Gasteiger partial charge in [0.2, 0.25) is 5.96 Å². The fraction of sp³-hybridized carbons (Fsp3) is 0.531. The molecule has 0 aliphatic carbocycles. The van der Waals surface area contributed by atoms with Crippen molar-refractivity contribution in [2.45, 2.75) is 103 Å². The second-order valence-corrected chi connectivity index (χ2v) is 21.5. The van der Waals surface area contributed by atoms with Crippen LogP contribution in [0.4, 0.5) is 9.59 Å². The van der Waals surface area contributed by atoms with Crippen LogP contribution in [-0.4, -0.2) is 59.4 Å². The van der Waals surface area contributed by atoms with Crippen LogP contribution < -0.4 is 5.73 Å². The molecule has 43 heavy (non-hydrogen) atoms. The second-order valence-electron chi connectivity index (χ2n) is 13.9. The third kappa shape index (κ3) is 11.9. The molecule has 0 saturated carbocycles. The molecule has 11 heteroatoms. The monoisotopic (exact) mass is 629 g/mol. The van der Waals surface area contributed by atoms with Crippen LogP contribution in [0.25, 0.3) is 0 Å². The van der Waals surface area contributed by atoms with Crippen LogP contribution in [0.5, 0.6) is 0 Å². The molecule has 1 atom stereocenters. The predicted octanol–water partition coefficient (Wildman–Crippen LogP) is 6.76. The largest absolute Gasteiger partial charge is 0.444 e. The lowest BCUT2D eigenvalue weighted by molar-refractivity contribution is 0.0555. The van der Waals surface area contributed by atoms with Crippen molar-refractivity contribution in [1.82, 2.24) is 4.90 Å². The maximum atomic E-state index is 13.3. The lowest BCUT2D eigenvalue weighted by Gasteiger charge is -2.40. The van der Waals surface area contributed by atoms with Gasteiger partial charge in [0, 0.05) is 0 Å². The summed E-state index contributed by atoms with van der Waals surface area (Å²) in [5.41, 5.74) is 7.17. The van der Waals surface area contributed by atoms with Crippen molar-refractivity contribution in [3.63, 3.8) is 0 Å². The zero-order valence-corrected chi connectivity index (χ0v) is 30.0. The van der Waals surface area contributed by atoms with Gasteiger partial charge in [-0.15, -0.1) is 4.90 Å². The summed E-state index contributed by atoms with van der Waals surface area (Å²) in [5.74, 6) is -0.353. The summed E-state index contributed by atoms with van der Waals surface area (Å²) in [5, 5.41) is -0.00160. The predicted molar refractivity (Wildman–Crippen MR) is 177 cm³/mol. The number of imide groups is 1. The van der Waals surface area contributed by atoms with Gasteiger partial charge in [0.15, 0.2) is 18.1 Å². The zero-order valence-electron chi connectivity index (χ0n) is 27.6. The summed E-state index contributed by atoms with van der Waals surface area (Å²) >= 11 is 0. The first-order valence-corrected chi connectivity index (χ1v) is 18.8. The van der Waals surface area contributed by atoms with E-state index in [0.717, 1.165) is 11.1 Å². The van der Waals surface area contributed by atoms with Crippen molar-refractivity contribution in [3.8, 4) is 0 Å². The van der Waals surface area contributed by atoms with E-state index in [-0.39, 0.29) is 35.9 Å². The first-order chi connectivity index (χ1) is 19.8. The van der Waals surface area contributed by atoms with Crippen LogP contribution in [0.3, 0.4) is 0 Å². The van der Waals surface area contributed by atoms with E-state index in [2.05, 4.69) is 54.6 Å². The average Bonchev–Trinajstić information content (AvgIpc) is 2.92. The Balaban J connectivity index is 2.42. The minimum atomic E-state index is -2.18. The molecule has 0 spiro atoms. The molecule has 2 amide bonds. The van der Waals surface area contributed by atoms with Crippen LogP contribution in [0, 0.1) is 0 Å². The molecule has 238 valence electrons. The number of rotatable bonds is 11. The highest BCUT2D eigenvalue weighted by Gasteiger charge is 2.41. The van der Waals surface area contributed by atoms with E-state index in [4.69, 9.17) is 29.1 Å². The van der Waals surface area contributed by atoms with Gasteiger partial charge in [-0.2, -0.15) is 0 Å². The number of benzene rings is 2. The topological polar surface area (TPSA) is 113 Å². The number of hydrogen-bond donors (Lipinski definition) is 1. The Morgan fingerprint density at radius 2 is 1.28 bits per heavy atom. The Kier molecular flexibility index (Phi) is 12.7. The number of amides is 2. The van der Waals surface area contributed by atoms with Gasteiger partial charge in [0.05, 0.1) is 12.2 Å². The van der Waals surface area contributed by atoms with Crippen LogP contribution in [0.1, 0.15) is 66.5 Å². The lowest BCUT2D eigenvalue weighted by atomic mass is 10.0. The number of nitrogens with zero attached hydrogens (tertiary/aromatic N) is 2. The van der Waals surface area contributed by atoms with E-state index in [0.29, 0.717) is 4.90 Å². The molecule has 2 aromatic carbocycles. The number of nitrogens with two attached hydrogens (primary N) is 1. The maximum Gasteiger partial charge on any atom is 0.426 e. The molecule has 2 aromatic rings. The molecule has 0 fully saturated rings. The highest BCUT2D eigenvalue weighted by molar-refractivity contribution is 6.74. The second kappa shape index (κ2) is 15.1. The smallest absolute Gasteiger partial charge is 0.426 e. The minimum Gasteiger partial charge on any atom is -0.444 e. The Hall–Kier alpha value is -3.00. The highest BCUT2D eigenvalue weighted by Crippen LogP contribution is 2.37. The van der Waals surface area contributed by atoms with Gasteiger partial charge >= 0.3 is 12.2 Å². The zero-order chi connectivity index (χ0) is 32.5. The van der Waals surface area contributed by atoms with E-state index < -0.39 is 41.9 Å². The van der Waals surface area contributed by atoms with Gasteiger partial charge in [0.25, 0.3) is 0 Å². The van der Waals surface area contributed by atoms with Gasteiger partial charge in [-0.3, -0.25) is 0 Å². The van der Waals surface area contributed by atoms with Gasteiger partial charge in [-0.25, -0.2) is 14.6 Å². The van der Waals surface area contributed by atoms with Crippen LogP contribution in [0.15, 0.2) is 65.7 Å². The molecule has 0 radical (unpaired) electrons. The van der Waals surface area contributed by atoms with Crippen molar-refractivity contribution in [3.05, 3.63) is 71.8 Å². The molecule has 1 unspecified atom stereocenters. The van der Waals surface area contributed by atoms with Gasteiger partial charge in [-0.05, 0) is 48.1 Å². The molecule has 0 aromatic heterocycles. The van der Waals surface area contributed by atoms with Crippen LogP contribution in [-0.2, 0) is 31.5 Å². The molecule has 2 N–H and O–H groups in total. The molecule has 0 bridgehead atoms. The first-order valence-electron chi connectivity index (χ1n) is 14.6. The van der Waals surface area contributed by atoms with Crippen LogP contribution >= 0.6 is 0 Å². The van der Waals surface area contributed by atoms with E-state index >= 15 is 0 Å². The molecular formula is C32H51N3O6Si2. The van der Waals surface area contributed by atoms with E-state index in [1.54, 1.807) is 0 Å². The van der Waals surface area contributed by atoms with Gasteiger partial charge in [-0.1, -0.05) is 102 Å². The highest BCUT2D eigenvalue weighted by atomic mass is 28.4. The number of guanidine groups is 1. The summed E-state index contributed by atoms with van der Waals surface area (Å²) in [7, 11) is -3.17. The van der Waals surface area contributed by atoms with Crippen LogP contribution in [0.2, 0.25) is 23.2 Å². The Morgan fingerprint density at radius 1 is 0.837 bits per heavy atom. The Labute approximate surface area is 261 Å². The van der Waals surface area contributed by atoms with Gasteiger partial charge in [0.1, 0.15) is 19.3 Å². The summed E-state index contributed by atoms with van der Waals surface area (Å²) in [6.45, 7) is 21.2.